The SMILES string of the molecule is CCN(CC(=O)NC(C)C)C(=O)COc1c(C)cc(C)cc1C. The molecule has 5 heteroatoms. The van der Waals surface area contributed by atoms with Crippen molar-refractivity contribution in [2.24, 2.45) is 0 Å². The van der Waals surface area contributed by atoms with Crippen molar-refractivity contribution in [3.05, 3.63) is 28.8 Å². The molecule has 5 nitrogen and oxygen atoms in total. The van der Waals surface area contributed by atoms with Crippen LogP contribution in [0.4, 0.5) is 0 Å². The number of rotatable bonds is 7. The maximum atomic E-state index is 12.3. The number of aryl methyl sites for hydroxylation is 3. The topological polar surface area (TPSA) is 58.6 Å². The highest BCUT2D eigenvalue weighted by Gasteiger charge is 2.17. The van der Waals surface area contributed by atoms with E-state index in [4.69, 9.17) is 4.74 Å². The number of hydrogen-bond acceptors (Lipinski definition) is 3. The minimum Gasteiger partial charge on any atom is -0.483 e. The van der Waals surface area contributed by atoms with Gasteiger partial charge in [-0.05, 0) is 52.7 Å². The van der Waals surface area contributed by atoms with Crippen molar-refractivity contribution in [1.29, 1.82) is 0 Å². The molecule has 0 saturated carbocycles. The van der Waals surface area contributed by atoms with Crippen LogP contribution in [0.25, 0.3) is 0 Å². The summed E-state index contributed by atoms with van der Waals surface area (Å²) < 4.78 is 5.71. The molecule has 2 amide bonds. The molecule has 0 aromatic heterocycles. The van der Waals surface area contributed by atoms with Crippen molar-refractivity contribution in [3.63, 3.8) is 0 Å². The van der Waals surface area contributed by atoms with E-state index in [1.165, 1.54) is 10.5 Å². The molecular weight excluding hydrogens is 292 g/mol. The van der Waals surface area contributed by atoms with E-state index in [-0.39, 0.29) is 31.0 Å². The molecule has 23 heavy (non-hydrogen) atoms. The molecular formula is C18H28N2O3. The Morgan fingerprint density at radius 2 is 1.74 bits per heavy atom. The monoisotopic (exact) mass is 320 g/mol. The van der Waals surface area contributed by atoms with Crippen LogP contribution in [0.3, 0.4) is 0 Å². The first-order chi connectivity index (χ1) is 10.7. The fourth-order valence-corrected chi connectivity index (χ4v) is 2.54. The molecule has 0 aliphatic rings. The van der Waals surface area contributed by atoms with Crippen molar-refractivity contribution >= 4 is 11.8 Å². The second kappa shape index (κ2) is 8.56. The van der Waals surface area contributed by atoms with Crippen LogP contribution in [0.5, 0.6) is 5.75 Å². The van der Waals surface area contributed by atoms with Gasteiger partial charge in [0.25, 0.3) is 5.91 Å². The van der Waals surface area contributed by atoms with Crippen LogP contribution >= 0.6 is 0 Å². The van der Waals surface area contributed by atoms with Crippen LogP contribution in [0, 0.1) is 20.8 Å². The Labute approximate surface area is 139 Å². The summed E-state index contributed by atoms with van der Waals surface area (Å²) in [5.41, 5.74) is 3.19. The number of nitrogens with one attached hydrogen (secondary N) is 1. The Balaban J connectivity index is 2.66. The van der Waals surface area contributed by atoms with E-state index < -0.39 is 0 Å². The van der Waals surface area contributed by atoms with Gasteiger partial charge in [-0.15, -0.1) is 0 Å². The van der Waals surface area contributed by atoms with E-state index in [0.717, 1.165) is 16.9 Å². The standard InChI is InChI=1S/C18H28N2O3/c1-7-20(10-16(21)19-12(2)3)17(22)11-23-18-14(5)8-13(4)9-15(18)6/h8-9,12H,7,10-11H2,1-6H3,(H,19,21). The predicted molar refractivity (Wildman–Crippen MR) is 91.7 cm³/mol. The molecule has 0 unspecified atom stereocenters. The maximum absolute atomic E-state index is 12.3. The quantitative estimate of drug-likeness (QED) is 0.839. The second-order valence-corrected chi connectivity index (χ2v) is 6.15. The molecule has 1 rings (SSSR count). The van der Waals surface area contributed by atoms with E-state index in [1.54, 1.807) is 0 Å². The molecule has 0 aliphatic heterocycles. The summed E-state index contributed by atoms with van der Waals surface area (Å²) in [6, 6.07) is 4.12. The van der Waals surface area contributed by atoms with Crippen molar-refractivity contribution in [2.75, 3.05) is 19.7 Å². The first-order valence-corrected chi connectivity index (χ1v) is 8.02. The van der Waals surface area contributed by atoms with Crippen LogP contribution in [-0.4, -0.2) is 42.5 Å². The van der Waals surface area contributed by atoms with Crippen LogP contribution in [0.15, 0.2) is 12.1 Å². The van der Waals surface area contributed by atoms with Gasteiger partial charge in [-0.25, -0.2) is 0 Å². The van der Waals surface area contributed by atoms with Gasteiger partial charge in [0, 0.05) is 12.6 Å². The number of carbonyl (C=O) groups is 2. The third-order valence-corrected chi connectivity index (χ3v) is 3.46. The number of amides is 2. The number of hydrogen-bond donors (Lipinski definition) is 1. The van der Waals surface area contributed by atoms with Gasteiger partial charge in [-0.1, -0.05) is 17.7 Å². The zero-order valence-electron chi connectivity index (χ0n) is 15.0. The second-order valence-electron chi connectivity index (χ2n) is 6.15. The van der Waals surface area contributed by atoms with E-state index >= 15 is 0 Å². The van der Waals surface area contributed by atoms with Crippen LogP contribution in [0.2, 0.25) is 0 Å². The van der Waals surface area contributed by atoms with Crippen LogP contribution in [-0.2, 0) is 9.59 Å². The molecule has 0 bridgehead atoms. The average Bonchev–Trinajstić information content (AvgIpc) is 2.42. The van der Waals surface area contributed by atoms with Crippen molar-refractivity contribution in [1.82, 2.24) is 10.2 Å². The minimum atomic E-state index is -0.189. The summed E-state index contributed by atoms with van der Waals surface area (Å²) in [6.45, 7) is 12.1. The summed E-state index contributed by atoms with van der Waals surface area (Å²) in [5, 5.41) is 2.79. The summed E-state index contributed by atoms with van der Waals surface area (Å²) in [4.78, 5) is 25.6. The van der Waals surface area contributed by atoms with E-state index in [2.05, 4.69) is 5.32 Å². The zero-order chi connectivity index (χ0) is 17.6. The summed E-state index contributed by atoms with van der Waals surface area (Å²) >= 11 is 0. The minimum absolute atomic E-state index is 0.0583. The first kappa shape index (κ1) is 19.0. The highest BCUT2D eigenvalue weighted by atomic mass is 16.5. The van der Waals surface area contributed by atoms with Crippen molar-refractivity contribution in [3.8, 4) is 5.75 Å². The Kier molecular flexibility index (Phi) is 7.07. The van der Waals surface area contributed by atoms with Crippen molar-refractivity contribution in [2.45, 2.75) is 47.6 Å². The Morgan fingerprint density at radius 3 is 2.22 bits per heavy atom. The molecule has 1 aromatic carbocycles. The molecule has 0 spiro atoms. The lowest BCUT2D eigenvalue weighted by Gasteiger charge is -2.22. The first-order valence-electron chi connectivity index (χ1n) is 8.02. The third-order valence-electron chi connectivity index (χ3n) is 3.46. The normalized spacial score (nSPS) is 10.6. The van der Waals surface area contributed by atoms with Gasteiger partial charge in [0.1, 0.15) is 5.75 Å². The molecule has 0 radical (unpaired) electrons. The fourth-order valence-electron chi connectivity index (χ4n) is 2.54. The van der Waals surface area contributed by atoms with Gasteiger partial charge >= 0.3 is 0 Å². The smallest absolute Gasteiger partial charge is 0.260 e. The Hall–Kier alpha value is -2.04. The molecule has 0 aliphatic carbocycles. The summed E-state index contributed by atoms with van der Waals surface area (Å²) in [6.07, 6.45) is 0. The van der Waals surface area contributed by atoms with Gasteiger partial charge < -0.3 is 15.0 Å². The summed E-state index contributed by atoms with van der Waals surface area (Å²) in [5.74, 6) is 0.398. The summed E-state index contributed by atoms with van der Waals surface area (Å²) in [7, 11) is 0. The molecule has 0 heterocycles. The lowest BCUT2D eigenvalue weighted by Crippen LogP contribution is -2.44. The van der Waals surface area contributed by atoms with Gasteiger partial charge in [-0.2, -0.15) is 0 Å². The van der Waals surface area contributed by atoms with Gasteiger partial charge in [-0.3, -0.25) is 9.59 Å². The molecule has 128 valence electrons. The Bertz CT molecular complexity index is 544. The van der Waals surface area contributed by atoms with Gasteiger partial charge in [0.2, 0.25) is 5.91 Å². The van der Waals surface area contributed by atoms with E-state index in [0.29, 0.717) is 6.54 Å². The number of nitrogens with zero attached hydrogens (tertiary/aromatic N) is 1. The number of benzene rings is 1. The van der Waals surface area contributed by atoms with Gasteiger partial charge in [0.15, 0.2) is 6.61 Å². The molecule has 0 saturated heterocycles. The zero-order valence-corrected chi connectivity index (χ0v) is 15.0. The van der Waals surface area contributed by atoms with Crippen molar-refractivity contribution < 1.29 is 14.3 Å². The van der Waals surface area contributed by atoms with Gasteiger partial charge in [0.05, 0.1) is 6.54 Å². The molecule has 1 aromatic rings. The van der Waals surface area contributed by atoms with E-state index in [9.17, 15) is 9.59 Å². The van der Waals surface area contributed by atoms with Crippen LogP contribution < -0.4 is 10.1 Å². The highest BCUT2D eigenvalue weighted by molar-refractivity contribution is 5.85. The number of likely N-dealkylation sites (N-methyl/N-ethyl adjacent to an activating group) is 1. The maximum Gasteiger partial charge on any atom is 0.260 e. The third kappa shape index (κ3) is 5.93. The predicted octanol–water partition coefficient (Wildman–Crippen LogP) is 2.36. The van der Waals surface area contributed by atoms with Crippen LogP contribution in [0.1, 0.15) is 37.5 Å². The average molecular weight is 320 g/mol. The molecule has 0 fully saturated rings. The molecule has 1 N–H and O–H groups in total. The highest BCUT2D eigenvalue weighted by Crippen LogP contribution is 2.24. The lowest BCUT2D eigenvalue weighted by atomic mass is 10.1. The number of ether oxygens (including phenoxy) is 1. The fraction of sp³-hybridized carbons (Fsp3) is 0.556. The largest absolute Gasteiger partial charge is 0.483 e. The number of carbonyl (C=O) groups excluding carboxylic acids is 2. The van der Waals surface area contributed by atoms with E-state index in [1.807, 2.05) is 53.7 Å². The molecule has 0 atom stereocenters. The Morgan fingerprint density at radius 1 is 1.17 bits per heavy atom. The lowest BCUT2D eigenvalue weighted by molar-refractivity contribution is -0.137.